The summed E-state index contributed by atoms with van der Waals surface area (Å²) in [6.45, 7) is 17.5. The lowest BCUT2D eigenvalue weighted by molar-refractivity contribution is -0.0272. The van der Waals surface area contributed by atoms with Crippen LogP contribution in [0.15, 0.2) is 0 Å². The maximum Gasteiger partial charge on any atom is 0.411 e. The van der Waals surface area contributed by atoms with Crippen molar-refractivity contribution in [3.8, 4) is 0 Å². The van der Waals surface area contributed by atoms with Crippen LogP contribution < -0.4 is 0 Å². The van der Waals surface area contributed by atoms with Gasteiger partial charge in [-0.3, -0.25) is 4.57 Å². The Morgan fingerprint density at radius 3 is 1.81 bits per heavy atom. The minimum atomic E-state index is -1.79. The SMILES string of the molecule is CCCCC1CC(C)(C)N([SiH](OCC)OCC)C(C)(C)C1. The predicted octanol–water partition coefficient (Wildman–Crippen LogP) is 4.24. The van der Waals surface area contributed by atoms with Crippen LogP contribution in [0.3, 0.4) is 0 Å². The molecule has 0 aromatic rings. The van der Waals surface area contributed by atoms with E-state index in [0.717, 1.165) is 19.1 Å². The van der Waals surface area contributed by atoms with Crippen LogP contribution in [-0.2, 0) is 8.85 Å². The van der Waals surface area contributed by atoms with Gasteiger partial charge in [0.1, 0.15) is 0 Å². The Hall–Kier alpha value is 0.0969. The predicted molar refractivity (Wildman–Crippen MR) is 92.6 cm³/mol. The molecule has 0 bridgehead atoms. The van der Waals surface area contributed by atoms with Crippen molar-refractivity contribution in [2.24, 2.45) is 5.92 Å². The molecule has 1 aliphatic rings. The molecule has 0 aliphatic carbocycles. The van der Waals surface area contributed by atoms with Gasteiger partial charge < -0.3 is 8.85 Å². The van der Waals surface area contributed by atoms with Gasteiger partial charge in [-0.15, -0.1) is 0 Å². The third kappa shape index (κ3) is 5.05. The van der Waals surface area contributed by atoms with Crippen molar-refractivity contribution in [3.63, 3.8) is 0 Å². The highest BCUT2D eigenvalue weighted by Gasteiger charge is 2.49. The highest BCUT2D eigenvalue weighted by atomic mass is 28.3. The number of hydrogen-bond acceptors (Lipinski definition) is 3. The summed E-state index contributed by atoms with van der Waals surface area (Å²) in [4.78, 5) is 0. The molecule has 0 radical (unpaired) electrons. The van der Waals surface area contributed by atoms with E-state index in [1.165, 1.54) is 32.1 Å². The molecule has 0 aromatic carbocycles. The van der Waals surface area contributed by atoms with Crippen LogP contribution in [-0.4, -0.2) is 38.3 Å². The summed E-state index contributed by atoms with van der Waals surface area (Å²) in [5.74, 6) is 0.837. The molecule has 0 saturated carbocycles. The van der Waals surface area contributed by atoms with E-state index in [1.54, 1.807) is 0 Å². The van der Waals surface area contributed by atoms with Crippen molar-refractivity contribution >= 4 is 9.45 Å². The monoisotopic (exact) mass is 315 g/mol. The molecule has 21 heavy (non-hydrogen) atoms. The Bertz CT molecular complexity index is 283. The van der Waals surface area contributed by atoms with Gasteiger partial charge in [0, 0.05) is 24.3 Å². The molecule has 1 aliphatic heterocycles. The molecule has 0 N–H and O–H groups in total. The number of unbranched alkanes of at least 4 members (excludes halogenated alkanes) is 1. The summed E-state index contributed by atoms with van der Waals surface area (Å²) in [5, 5.41) is 0. The van der Waals surface area contributed by atoms with Gasteiger partial charge >= 0.3 is 9.45 Å². The van der Waals surface area contributed by atoms with Gasteiger partial charge in [0.25, 0.3) is 0 Å². The average molecular weight is 316 g/mol. The lowest BCUT2D eigenvalue weighted by Crippen LogP contribution is -2.67. The maximum atomic E-state index is 6.05. The second-order valence-electron chi connectivity index (χ2n) is 7.63. The molecule has 3 nitrogen and oxygen atoms in total. The molecule has 1 heterocycles. The van der Waals surface area contributed by atoms with Crippen molar-refractivity contribution in [1.29, 1.82) is 0 Å². The molecule has 0 amide bonds. The molecule has 0 atom stereocenters. The Morgan fingerprint density at radius 2 is 1.43 bits per heavy atom. The zero-order valence-corrected chi connectivity index (χ0v) is 16.5. The fourth-order valence-corrected chi connectivity index (χ4v) is 6.57. The minimum absolute atomic E-state index is 0.168. The van der Waals surface area contributed by atoms with E-state index in [4.69, 9.17) is 8.85 Å². The van der Waals surface area contributed by atoms with Crippen LogP contribution in [0.2, 0.25) is 0 Å². The molecular weight excluding hydrogens is 278 g/mol. The van der Waals surface area contributed by atoms with Gasteiger partial charge in [0.15, 0.2) is 0 Å². The summed E-state index contributed by atoms with van der Waals surface area (Å²) < 4.78 is 14.7. The summed E-state index contributed by atoms with van der Waals surface area (Å²) in [5.41, 5.74) is 0.336. The van der Waals surface area contributed by atoms with E-state index < -0.39 is 9.45 Å². The molecule has 1 saturated heterocycles. The zero-order chi connectivity index (χ0) is 16.1. The fourth-order valence-electron chi connectivity index (χ4n) is 4.25. The van der Waals surface area contributed by atoms with E-state index in [-0.39, 0.29) is 11.1 Å². The van der Waals surface area contributed by atoms with E-state index in [2.05, 4.69) is 53.0 Å². The Balaban J connectivity index is 2.91. The number of nitrogens with zero attached hydrogens (tertiary/aromatic N) is 1. The minimum Gasteiger partial charge on any atom is -0.385 e. The topological polar surface area (TPSA) is 21.7 Å². The van der Waals surface area contributed by atoms with Crippen molar-refractivity contribution < 1.29 is 8.85 Å². The van der Waals surface area contributed by atoms with E-state index in [0.29, 0.717) is 0 Å². The Labute approximate surface area is 134 Å². The van der Waals surface area contributed by atoms with Crippen LogP contribution >= 0.6 is 0 Å². The molecule has 126 valence electrons. The normalized spacial score (nSPS) is 22.9. The van der Waals surface area contributed by atoms with Crippen molar-refractivity contribution in [3.05, 3.63) is 0 Å². The van der Waals surface area contributed by atoms with Gasteiger partial charge in [0.2, 0.25) is 0 Å². The lowest BCUT2D eigenvalue weighted by atomic mass is 9.74. The standard InChI is InChI=1S/C17H37NO2Si/c1-8-11-12-15-13-16(4,5)18(17(6,7)14-15)21(19-9-2)20-10-3/h15,21H,8-14H2,1-7H3. The van der Waals surface area contributed by atoms with Crippen LogP contribution in [0.4, 0.5) is 0 Å². The average Bonchev–Trinajstić information content (AvgIpc) is 2.34. The maximum absolute atomic E-state index is 6.05. The molecule has 0 unspecified atom stereocenters. The summed E-state index contributed by atoms with van der Waals surface area (Å²) >= 11 is 0. The second kappa shape index (κ2) is 8.09. The quantitative estimate of drug-likeness (QED) is 0.625. The highest BCUT2D eigenvalue weighted by Crippen LogP contribution is 2.43. The van der Waals surface area contributed by atoms with Crippen LogP contribution in [0, 0.1) is 5.92 Å². The molecular formula is C17H37NO2Si. The fraction of sp³-hybridized carbons (Fsp3) is 1.00. The van der Waals surface area contributed by atoms with Gasteiger partial charge in [-0.1, -0.05) is 26.2 Å². The van der Waals surface area contributed by atoms with E-state index in [1.807, 2.05) is 0 Å². The van der Waals surface area contributed by atoms with Crippen LogP contribution in [0.25, 0.3) is 0 Å². The van der Waals surface area contributed by atoms with Gasteiger partial charge in [-0.05, 0) is 60.3 Å². The highest BCUT2D eigenvalue weighted by molar-refractivity contribution is 6.41. The number of piperidine rings is 1. The largest absolute Gasteiger partial charge is 0.411 e. The number of hydrogen-bond donors (Lipinski definition) is 0. The first kappa shape index (κ1) is 19.1. The van der Waals surface area contributed by atoms with Crippen LogP contribution in [0.5, 0.6) is 0 Å². The van der Waals surface area contributed by atoms with Crippen molar-refractivity contribution in [1.82, 2.24) is 4.57 Å². The van der Waals surface area contributed by atoms with Gasteiger partial charge in [0.05, 0.1) is 0 Å². The third-order valence-electron chi connectivity index (χ3n) is 4.68. The third-order valence-corrected chi connectivity index (χ3v) is 7.73. The van der Waals surface area contributed by atoms with Gasteiger partial charge in [-0.2, -0.15) is 0 Å². The van der Waals surface area contributed by atoms with Gasteiger partial charge in [-0.25, -0.2) is 0 Å². The molecule has 1 rings (SSSR count). The van der Waals surface area contributed by atoms with E-state index >= 15 is 0 Å². The smallest absolute Gasteiger partial charge is 0.385 e. The number of rotatable bonds is 8. The first-order valence-electron chi connectivity index (χ1n) is 8.81. The molecule has 1 fully saturated rings. The Morgan fingerprint density at radius 1 is 0.952 bits per heavy atom. The summed E-state index contributed by atoms with van der Waals surface area (Å²) in [7, 11) is -1.79. The van der Waals surface area contributed by atoms with E-state index in [9.17, 15) is 0 Å². The Kier molecular flexibility index (Phi) is 7.38. The van der Waals surface area contributed by atoms with Crippen molar-refractivity contribution in [2.75, 3.05) is 13.2 Å². The first-order chi connectivity index (χ1) is 9.78. The van der Waals surface area contributed by atoms with Crippen LogP contribution in [0.1, 0.15) is 80.6 Å². The first-order valence-corrected chi connectivity index (χ1v) is 10.3. The van der Waals surface area contributed by atoms with Crippen molar-refractivity contribution in [2.45, 2.75) is 91.6 Å². The molecule has 0 aromatic heterocycles. The second-order valence-corrected chi connectivity index (χ2v) is 9.43. The lowest BCUT2D eigenvalue weighted by Gasteiger charge is -2.57. The zero-order valence-electron chi connectivity index (χ0n) is 15.4. The summed E-state index contributed by atoms with van der Waals surface area (Å²) in [6, 6.07) is 0. The molecule has 4 heteroatoms. The molecule has 0 spiro atoms. The summed E-state index contributed by atoms with van der Waals surface area (Å²) in [6.07, 6.45) is 6.55.